The van der Waals surface area contributed by atoms with Crippen molar-refractivity contribution in [3.63, 3.8) is 0 Å². The number of aromatic nitrogens is 1. The molecule has 0 spiro atoms. The summed E-state index contributed by atoms with van der Waals surface area (Å²) in [4.78, 5) is 13.8. The summed E-state index contributed by atoms with van der Waals surface area (Å²) in [5.74, 6) is 0.00403. The van der Waals surface area contributed by atoms with Crippen LogP contribution in [0.1, 0.15) is 43.7 Å². The zero-order valence-corrected chi connectivity index (χ0v) is 11.1. The highest BCUT2D eigenvalue weighted by Crippen LogP contribution is 2.12. The molecule has 0 bridgehead atoms. The van der Waals surface area contributed by atoms with Gasteiger partial charge in [-0.05, 0) is 39.3 Å². The normalized spacial score (nSPS) is 12.8. The molecular weight excluding hydrogens is 216 g/mol. The Labute approximate surface area is 103 Å². The zero-order valence-electron chi connectivity index (χ0n) is 11.1. The van der Waals surface area contributed by atoms with Crippen LogP contribution in [0.25, 0.3) is 0 Å². The van der Waals surface area contributed by atoms with Crippen molar-refractivity contribution in [1.29, 1.82) is 0 Å². The van der Waals surface area contributed by atoms with Crippen LogP contribution in [0.3, 0.4) is 0 Å². The predicted molar refractivity (Wildman–Crippen MR) is 68.1 cm³/mol. The summed E-state index contributed by atoms with van der Waals surface area (Å²) in [5, 5.41) is 9.21. The summed E-state index contributed by atoms with van der Waals surface area (Å²) in [6, 6.07) is 3.99. The lowest BCUT2D eigenvalue weighted by atomic mass is 10.2. The maximum absolute atomic E-state index is 12.2. The van der Waals surface area contributed by atoms with Crippen LogP contribution in [-0.2, 0) is 0 Å². The maximum atomic E-state index is 12.2. The fourth-order valence-electron chi connectivity index (χ4n) is 1.70. The lowest BCUT2D eigenvalue weighted by molar-refractivity contribution is 0.0757. The van der Waals surface area contributed by atoms with Crippen LogP contribution in [0.4, 0.5) is 0 Å². The van der Waals surface area contributed by atoms with Gasteiger partial charge in [0.2, 0.25) is 0 Å². The van der Waals surface area contributed by atoms with E-state index in [9.17, 15) is 9.90 Å². The smallest absolute Gasteiger partial charge is 0.270 e. The van der Waals surface area contributed by atoms with Gasteiger partial charge in [0.1, 0.15) is 5.69 Å². The van der Waals surface area contributed by atoms with Crippen molar-refractivity contribution in [2.75, 3.05) is 13.6 Å². The van der Waals surface area contributed by atoms with E-state index in [1.54, 1.807) is 18.9 Å². The number of rotatable bonds is 5. The van der Waals surface area contributed by atoms with E-state index in [0.29, 0.717) is 18.7 Å². The minimum absolute atomic E-state index is 0.00403. The number of aliphatic hydroxyl groups is 1. The number of nitrogens with zero attached hydrogens (tertiary/aromatic N) is 2. The van der Waals surface area contributed by atoms with Gasteiger partial charge in [-0.3, -0.25) is 4.79 Å². The average molecular weight is 238 g/mol. The van der Waals surface area contributed by atoms with E-state index >= 15 is 0 Å². The van der Waals surface area contributed by atoms with E-state index in [1.807, 2.05) is 36.7 Å². The average Bonchev–Trinajstić information content (AvgIpc) is 2.73. The number of hydrogen-bond acceptors (Lipinski definition) is 2. The monoisotopic (exact) mass is 238 g/mol. The molecule has 1 N–H and O–H groups in total. The van der Waals surface area contributed by atoms with E-state index in [0.717, 1.165) is 0 Å². The summed E-state index contributed by atoms with van der Waals surface area (Å²) in [6.45, 7) is 6.40. The standard InChI is InChI=1S/C13H22N2O2/c1-10(2)15-8-5-6-12(15)13(17)14(4)9-7-11(3)16/h5-6,8,10-11,16H,7,9H2,1-4H3. The first-order valence-electron chi connectivity index (χ1n) is 6.04. The maximum Gasteiger partial charge on any atom is 0.270 e. The highest BCUT2D eigenvalue weighted by atomic mass is 16.3. The Morgan fingerprint density at radius 1 is 1.47 bits per heavy atom. The molecule has 1 rings (SSSR count). The molecule has 0 aliphatic rings. The quantitative estimate of drug-likeness (QED) is 0.851. The molecule has 0 aliphatic heterocycles. The van der Waals surface area contributed by atoms with E-state index in [1.165, 1.54) is 0 Å². The minimum Gasteiger partial charge on any atom is -0.393 e. The second-order valence-electron chi connectivity index (χ2n) is 4.76. The Balaban J connectivity index is 2.71. The Morgan fingerprint density at radius 3 is 2.65 bits per heavy atom. The molecule has 1 aromatic rings. The number of hydrogen-bond donors (Lipinski definition) is 1. The Hall–Kier alpha value is -1.29. The van der Waals surface area contributed by atoms with Crippen LogP contribution in [0.15, 0.2) is 18.3 Å². The Bertz CT molecular complexity index is 369. The highest BCUT2D eigenvalue weighted by molar-refractivity contribution is 5.92. The van der Waals surface area contributed by atoms with Gasteiger partial charge in [-0.2, -0.15) is 0 Å². The first kappa shape index (κ1) is 13.8. The van der Waals surface area contributed by atoms with Crippen LogP contribution in [-0.4, -0.2) is 40.2 Å². The summed E-state index contributed by atoms with van der Waals surface area (Å²) < 4.78 is 1.96. The van der Waals surface area contributed by atoms with Crippen molar-refractivity contribution in [2.24, 2.45) is 0 Å². The van der Waals surface area contributed by atoms with Crippen molar-refractivity contribution in [3.8, 4) is 0 Å². The fourth-order valence-corrected chi connectivity index (χ4v) is 1.70. The van der Waals surface area contributed by atoms with E-state index in [2.05, 4.69) is 0 Å². The summed E-state index contributed by atoms with van der Waals surface area (Å²) >= 11 is 0. The van der Waals surface area contributed by atoms with Crippen LogP contribution < -0.4 is 0 Å². The van der Waals surface area contributed by atoms with Crippen molar-refractivity contribution >= 4 is 5.91 Å². The fraction of sp³-hybridized carbons (Fsp3) is 0.615. The SMILES string of the molecule is CC(O)CCN(C)C(=O)c1cccn1C(C)C. The molecule has 0 saturated carbocycles. The molecule has 96 valence electrons. The lowest BCUT2D eigenvalue weighted by Crippen LogP contribution is -2.31. The lowest BCUT2D eigenvalue weighted by Gasteiger charge is -2.20. The predicted octanol–water partition coefficient (Wildman–Crippen LogP) is 1.91. The second kappa shape index (κ2) is 5.87. The molecule has 0 fully saturated rings. The third kappa shape index (κ3) is 3.60. The molecule has 0 saturated heterocycles. The van der Waals surface area contributed by atoms with Crippen molar-refractivity contribution < 1.29 is 9.90 Å². The molecule has 4 heteroatoms. The van der Waals surface area contributed by atoms with Crippen LogP contribution in [0.2, 0.25) is 0 Å². The van der Waals surface area contributed by atoms with Crippen LogP contribution >= 0.6 is 0 Å². The molecule has 1 heterocycles. The Morgan fingerprint density at radius 2 is 2.12 bits per heavy atom. The van der Waals surface area contributed by atoms with Gasteiger partial charge in [0, 0.05) is 25.8 Å². The van der Waals surface area contributed by atoms with Gasteiger partial charge < -0.3 is 14.6 Å². The first-order valence-corrected chi connectivity index (χ1v) is 6.04. The van der Waals surface area contributed by atoms with Gasteiger partial charge in [0.05, 0.1) is 6.10 Å². The highest BCUT2D eigenvalue weighted by Gasteiger charge is 2.16. The third-order valence-corrected chi connectivity index (χ3v) is 2.78. The Kier molecular flexibility index (Phi) is 4.75. The van der Waals surface area contributed by atoms with E-state index in [-0.39, 0.29) is 18.1 Å². The molecule has 1 aromatic heterocycles. The second-order valence-corrected chi connectivity index (χ2v) is 4.76. The molecule has 0 radical (unpaired) electrons. The largest absolute Gasteiger partial charge is 0.393 e. The number of carbonyl (C=O) groups excluding carboxylic acids is 1. The van der Waals surface area contributed by atoms with Crippen molar-refractivity contribution in [2.45, 2.75) is 39.3 Å². The van der Waals surface area contributed by atoms with Crippen molar-refractivity contribution in [1.82, 2.24) is 9.47 Å². The number of amides is 1. The first-order chi connectivity index (χ1) is 7.93. The van der Waals surface area contributed by atoms with Gasteiger partial charge >= 0.3 is 0 Å². The van der Waals surface area contributed by atoms with Crippen molar-refractivity contribution in [3.05, 3.63) is 24.0 Å². The van der Waals surface area contributed by atoms with E-state index < -0.39 is 0 Å². The van der Waals surface area contributed by atoms with Gasteiger partial charge in [0.25, 0.3) is 5.91 Å². The molecule has 1 amide bonds. The minimum atomic E-state index is -0.373. The van der Waals surface area contributed by atoms with Crippen LogP contribution in [0.5, 0.6) is 0 Å². The van der Waals surface area contributed by atoms with Gasteiger partial charge in [-0.15, -0.1) is 0 Å². The molecular formula is C13H22N2O2. The van der Waals surface area contributed by atoms with Crippen LogP contribution in [0, 0.1) is 0 Å². The molecule has 0 aliphatic carbocycles. The molecule has 1 unspecified atom stereocenters. The van der Waals surface area contributed by atoms with Gasteiger partial charge in [0.15, 0.2) is 0 Å². The molecule has 17 heavy (non-hydrogen) atoms. The zero-order chi connectivity index (χ0) is 13.0. The molecule has 0 aromatic carbocycles. The number of aliphatic hydroxyl groups excluding tert-OH is 1. The van der Waals surface area contributed by atoms with Gasteiger partial charge in [-0.25, -0.2) is 0 Å². The van der Waals surface area contributed by atoms with Gasteiger partial charge in [-0.1, -0.05) is 0 Å². The van der Waals surface area contributed by atoms with E-state index in [4.69, 9.17) is 0 Å². The molecule has 1 atom stereocenters. The molecule has 4 nitrogen and oxygen atoms in total. The number of carbonyl (C=O) groups is 1. The topological polar surface area (TPSA) is 45.5 Å². The third-order valence-electron chi connectivity index (χ3n) is 2.78. The summed E-state index contributed by atoms with van der Waals surface area (Å²) in [5.41, 5.74) is 0.702. The summed E-state index contributed by atoms with van der Waals surface area (Å²) in [7, 11) is 1.77. The summed E-state index contributed by atoms with van der Waals surface area (Å²) in [6.07, 6.45) is 2.15.